The van der Waals surface area contributed by atoms with Crippen LogP contribution in [0.2, 0.25) is 0 Å². The molecule has 2 aliphatic rings. The van der Waals surface area contributed by atoms with E-state index in [1.165, 1.54) is 0 Å². The van der Waals surface area contributed by atoms with Crippen molar-refractivity contribution in [1.29, 1.82) is 0 Å². The Morgan fingerprint density at radius 3 is 2.65 bits per heavy atom. The highest BCUT2D eigenvalue weighted by Gasteiger charge is 2.38. The monoisotopic (exact) mass is 240 g/mol. The molecular formula is C12H20N2O3. The van der Waals surface area contributed by atoms with Gasteiger partial charge in [0.1, 0.15) is 0 Å². The molecule has 96 valence electrons. The molecule has 1 amide bonds. The van der Waals surface area contributed by atoms with Crippen molar-refractivity contribution in [3.63, 3.8) is 0 Å². The lowest BCUT2D eigenvalue weighted by atomic mass is 9.98. The average molecular weight is 240 g/mol. The first kappa shape index (κ1) is 12.4. The number of carbonyl (C=O) groups is 2. The highest BCUT2D eigenvalue weighted by atomic mass is 16.4. The van der Waals surface area contributed by atoms with Gasteiger partial charge in [-0.2, -0.15) is 0 Å². The molecule has 2 heterocycles. The number of likely N-dealkylation sites (tertiary alicyclic amines) is 1. The fourth-order valence-electron chi connectivity index (χ4n) is 2.79. The number of nitrogens with zero attached hydrogens (tertiary/aromatic N) is 1. The fraction of sp³-hybridized carbons (Fsp3) is 0.833. The predicted molar refractivity (Wildman–Crippen MR) is 62.5 cm³/mol. The quantitative estimate of drug-likeness (QED) is 0.721. The molecule has 0 aliphatic carbocycles. The third kappa shape index (κ3) is 2.60. The van der Waals surface area contributed by atoms with Gasteiger partial charge < -0.3 is 15.3 Å². The first-order valence-electron chi connectivity index (χ1n) is 6.32. The Morgan fingerprint density at radius 2 is 2.12 bits per heavy atom. The van der Waals surface area contributed by atoms with Crippen molar-refractivity contribution in [2.24, 2.45) is 17.8 Å². The summed E-state index contributed by atoms with van der Waals surface area (Å²) in [5, 5.41) is 12.3. The molecule has 2 fully saturated rings. The van der Waals surface area contributed by atoms with Crippen molar-refractivity contribution in [1.82, 2.24) is 10.2 Å². The first-order valence-corrected chi connectivity index (χ1v) is 6.32. The topological polar surface area (TPSA) is 69.6 Å². The molecule has 0 bridgehead atoms. The number of aliphatic carboxylic acids is 1. The normalized spacial score (nSPS) is 33.7. The minimum absolute atomic E-state index is 0.0449. The molecule has 0 aromatic carbocycles. The number of amides is 1. The van der Waals surface area contributed by atoms with Gasteiger partial charge >= 0.3 is 5.97 Å². The Hall–Kier alpha value is -1.10. The Kier molecular flexibility index (Phi) is 3.66. The molecule has 0 radical (unpaired) electrons. The summed E-state index contributed by atoms with van der Waals surface area (Å²) in [4.78, 5) is 25.0. The highest BCUT2D eigenvalue weighted by molar-refractivity contribution is 5.81. The van der Waals surface area contributed by atoms with Crippen LogP contribution in [0.5, 0.6) is 0 Å². The minimum Gasteiger partial charge on any atom is -0.481 e. The summed E-state index contributed by atoms with van der Waals surface area (Å²) in [6.45, 7) is 4.60. The second-order valence-corrected chi connectivity index (χ2v) is 5.21. The summed E-state index contributed by atoms with van der Waals surface area (Å²) in [6.07, 6.45) is 1.95. The lowest BCUT2D eigenvalue weighted by molar-refractivity contribution is -0.142. The molecule has 5 heteroatoms. The predicted octanol–water partition coefficient (Wildman–Crippen LogP) is 0.165. The van der Waals surface area contributed by atoms with Crippen LogP contribution in [0.4, 0.5) is 0 Å². The van der Waals surface area contributed by atoms with Crippen molar-refractivity contribution in [2.45, 2.75) is 19.8 Å². The van der Waals surface area contributed by atoms with Gasteiger partial charge in [0.15, 0.2) is 0 Å². The molecule has 3 atom stereocenters. The number of hydrogen-bond donors (Lipinski definition) is 2. The summed E-state index contributed by atoms with van der Waals surface area (Å²) in [5.74, 6) is -0.936. The van der Waals surface area contributed by atoms with E-state index in [1.54, 1.807) is 4.90 Å². The van der Waals surface area contributed by atoms with Crippen LogP contribution in [-0.4, -0.2) is 48.1 Å². The lowest BCUT2D eigenvalue weighted by Crippen LogP contribution is -2.42. The number of carboxylic acid groups (broad SMARTS) is 1. The number of carbonyl (C=O) groups excluding carboxylic acids is 1. The molecule has 0 aromatic heterocycles. The zero-order valence-corrected chi connectivity index (χ0v) is 10.2. The summed E-state index contributed by atoms with van der Waals surface area (Å²) < 4.78 is 0. The maximum Gasteiger partial charge on any atom is 0.308 e. The van der Waals surface area contributed by atoms with E-state index >= 15 is 0 Å². The van der Waals surface area contributed by atoms with Crippen molar-refractivity contribution >= 4 is 11.9 Å². The molecule has 0 saturated carbocycles. The summed E-state index contributed by atoms with van der Waals surface area (Å²) in [5.41, 5.74) is 0. The standard InChI is InChI=1S/C12H20N2O3/c1-8-6-14(7-10(8)12(16)17)11(15)9-3-2-4-13-5-9/h8-10,13H,2-7H2,1H3,(H,16,17)/t8?,9-,10?/m1/s1. The largest absolute Gasteiger partial charge is 0.481 e. The minimum atomic E-state index is -0.783. The smallest absolute Gasteiger partial charge is 0.308 e. The Labute approximate surface area is 101 Å². The Balaban J connectivity index is 1.94. The van der Waals surface area contributed by atoms with E-state index in [1.807, 2.05) is 6.92 Å². The van der Waals surface area contributed by atoms with Gasteiger partial charge in [0.25, 0.3) is 0 Å². The molecule has 0 aromatic rings. The molecule has 17 heavy (non-hydrogen) atoms. The van der Waals surface area contributed by atoms with Crippen molar-refractivity contribution in [3.8, 4) is 0 Å². The van der Waals surface area contributed by atoms with Crippen molar-refractivity contribution < 1.29 is 14.7 Å². The van der Waals surface area contributed by atoms with Gasteiger partial charge in [-0.05, 0) is 25.3 Å². The van der Waals surface area contributed by atoms with Gasteiger partial charge in [-0.1, -0.05) is 6.92 Å². The van der Waals surface area contributed by atoms with E-state index in [0.717, 1.165) is 25.9 Å². The van der Waals surface area contributed by atoms with Crippen molar-refractivity contribution in [3.05, 3.63) is 0 Å². The lowest BCUT2D eigenvalue weighted by Gasteiger charge is -2.26. The van der Waals surface area contributed by atoms with E-state index in [0.29, 0.717) is 13.1 Å². The highest BCUT2D eigenvalue weighted by Crippen LogP contribution is 2.25. The first-order chi connectivity index (χ1) is 8.09. The number of rotatable bonds is 2. The van der Waals surface area contributed by atoms with E-state index < -0.39 is 11.9 Å². The Bertz CT molecular complexity index is 313. The number of piperidine rings is 1. The number of nitrogens with one attached hydrogen (secondary N) is 1. The number of carboxylic acids is 1. The molecule has 2 rings (SSSR count). The Morgan fingerprint density at radius 1 is 1.35 bits per heavy atom. The molecular weight excluding hydrogens is 220 g/mol. The molecule has 5 nitrogen and oxygen atoms in total. The summed E-state index contributed by atoms with van der Waals surface area (Å²) >= 11 is 0. The van der Waals surface area contributed by atoms with Crippen LogP contribution < -0.4 is 5.32 Å². The van der Waals surface area contributed by atoms with E-state index in [4.69, 9.17) is 5.11 Å². The third-order valence-electron chi connectivity index (χ3n) is 3.89. The van der Waals surface area contributed by atoms with Gasteiger partial charge in [-0.3, -0.25) is 9.59 Å². The molecule has 2 N–H and O–H groups in total. The van der Waals surface area contributed by atoms with Crippen LogP contribution in [0, 0.1) is 17.8 Å². The van der Waals surface area contributed by atoms with E-state index in [2.05, 4.69) is 5.32 Å². The van der Waals surface area contributed by atoms with Gasteiger partial charge in [0.2, 0.25) is 5.91 Å². The van der Waals surface area contributed by atoms with Crippen LogP contribution in [-0.2, 0) is 9.59 Å². The second-order valence-electron chi connectivity index (χ2n) is 5.21. The zero-order chi connectivity index (χ0) is 12.4. The average Bonchev–Trinajstić information content (AvgIpc) is 2.71. The summed E-state index contributed by atoms with van der Waals surface area (Å²) in [7, 11) is 0. The fourth-order valence-corrected chi connectivity index (χ4v) is 2.79. The number of hydrogen-bond acceptors (Lipinski definition) is 3. The van der Waals surface area contributed by atoms with E-state index in [-0.39, 0.29) is 17.7 Å². The van der Waals surface area contributed by atoms with E-state index in [9.17, 15) is 9.59 Å². The molecule has 2 saturated heterocycles. The maximum atomic E-state index is 12.2. The molecule has 0 spiro atoms. The van der Waals surface area contributed by atoms with Crippen LogP contribution in [0.15, 0.2) is 0 Å². The van der Waals surface area contributed by atoms with Gasteiger partial charge in [-0.25, -0.2) is 0 Å². The van der Waals surface area contributed by atoms with Crippen molar-refractivity contribution in [2.75, 3.05) is 26.2 Å². The van der Waals surface area contributed by atoms with Crippen LogP contribution >= 0.6 is 0 Å². The van der Waals surface area contributed by atoms with Gasteiger partial charge in [0.05, 0.1) is 11.8 Å². The third-order valence-corrected chi connectivity index (χ3v) is 3.89. The molecule has 2 aliphatic heterocycles. The zero-order valence-electron chi connectivity index (χ0n) is 10.2. The van der Waals surface area contributed by atoms with Crippen LogP contribution in [0.25, 0.3) is 0 Å². The van der Waals surface area contributed by atoms with Gasteiger partial charge in [0, 0.05) is 19.6 Å². The summed E-state index contributed by atoms with van der Waals surface area (Å²) in [6, 6.07) is 0. The SMILES string of the molecule is CC1CN(C(=O)[C@@H]2CCCNC2)CC1C(=O)O. The second kappa shape index (κ2) is 5.04. The molecule has 2 unspecified atom stereocenters. The van der Waals surface area contributed by atoms with Gasteiger partial charge in [-0.15, -0.1) is 0 Å². The van der Waals surface area contributed by atoms with Crippen LogP contribution in [0.3, 0.4) is 0 Å². The maximum absolute atomic E-state index is 12.2. The van der Waals surface area contributed by atoms with Crippen LogP contribution in [0.1, 0.15) is 19.8 Å².